The van der Waals surface area contributed by atoms with Crippen LogP contribution < -0.4 is 11.3 Å². The Morgan fingerprint density at radius 1 is 1.47 bits per heavy atom. The van der Waals surface area contributed by atoms with Gasteiger partial charge < -0.3 is 5.73 Å². The summed E-state index contributed by atoms with van der Waals surface area (Å²) in [4.78, 5) is 17.2. The largest absolute Gasteiger partial charge is 0.374 e. The molecule has 98 valence electrons. The van der Waals surface area contributed by atoms with Crippen LogP contribution in [0.1, 0.15) is 11.4 Å². The number of aromatic nitrogens is 4. The Morgan fingerprint density at radius 3 is 3.05 bits per heavy atom. The molecule has 0 aliphatic heterocycles. The first-order valence-corrected chi connectivity index (χ1v) is 8.00. The van der Waals surface area contributed by atoms with Crippen molar-refractivity contribution < 1.29 is 0 Å². The van der Waals surface area contributed by atoms with Crippen LogP contribution in [0, 0.1) is 6.92 Å². The molecule has 0 bridgehead atoms. The van der Waals surface area contributed by atoms with Crippen LogP contribution in [0.2, 0.25) is 0 Å². The van der Waals surface area contributed by atoms with Crippen LogP contribution >= 0.6 is 34.4 Å². The normalized spacial score (nSPS) is 11.2. The van der Waals surface area contributed by atoms with Gasteiger partial charge in [0.1, 0.15) is 0 Å². The number of nitrogens with two attached hydrogens (primary N) is 1. The molecule has 0 unspecified atom stereocenters. The van der Waals surface area contributed by atoms with E-state index in [0.29, 0.717) is 10.9 Å². The average molecular weight is 311 g/mol. The molecule has 0 fully saturated rings. The molecule has 3 aromatic heterocycles. The summed E-state index contributed by atoms with van der Waals surface area (Å²) in [5.74, 6) is 0.581. The highest BCUT2D eigenvalue weighted by molar-refractivity contribution is 8.00. The van der Waals surface area contributed by atoms with Crippen LogP contribution in [-0.2, 0) is 5.75 Å². The maximum absolute atomic E-state index is 12.0. The number of nitrogens with zero attached hydrogens (tertiary/aromatic N) is 4. The van der Waals surface area contributed by atoms with Crippen LogP contribution in [0.5, 0.6) is 0 Å². The van der Waals surface area contributed by atoms with Crippen molar-refractivity contribution in [2.45, 2.75) is 17.0 Å². The molecule has 0 spiro atoms. The van der Waals surface area contributed by atoms with E-state index in [1.54, 1.807) is 10.5 Å². The molecule has 0 amide bonds. The summed E-state index contributed by atoms with van der Waals surface area (Å²) < 4.78 is 2.39. The van der Waals surface area contributed by atoms with Crippen molar-refractivity contribution in [1.82, 2.24) is 19.6 Å². The van der Waals surface area contributed by atoms with Crippen molar-refractivity contribution in [3.8, 4) is 0 Å². The number of anilines is 1. The first kappa shape index (κ1) is 12.6. The summed E-state index contributed by atoms with van der Waals surface area (Å²) in [6.07, 6.45) is 0. The third-order valence-corrected chi connectivity index (χ3v) is 5.26. The lowest BCUT2D eigenvalue weighted by molar-refractivity contribution is 0.993. The van der Waals surface area contributed by atoms with Crippen molar-refractivity contribution in [2.24, 2.45) is 0 Å². The summed E-state index contributed by atoms with van der Waals surface area (Å²) in [6, 6.07) is 1.56. The van der Waals surface area contributed by atoms with E-state index in [1.807, 2.05) is 12.3 Å². The van der Waals surface area contributed by atoms with E-state index in [0.717, 1.165) is 20.7 Å². The molecule has 3 rings (SSSR count). The quantitative estimate of drug-likeness (QED) is 0.742. The molecule has 6 nitrogen and oxygen atoms in total. The van der Waals surface area contributed by atoms with Crippen molar-refractivity contribution in [1.29, 1.82) is 0 Å². The van der Waals surface area contributed by atoms with Gasteiger partial charge in [-0.15, -0.1) is 21.5 Å². The van der Waals surface area contributed by atoms with Gasteiger partial charge in [-0.05, 0) is 6.92 Å². The fourth-order valence-electron chi connectivity index (χ4n) is 1.59. The number of nitrogen functional groups attached to an aromatic ring is 1. The molecule has 0 atom stereocenters. The average Bonchev–Trinajstić information content (AvgIpc) is 2.94. The van der Waals surface area contributed by atoms with Gasteiger partial charge in [0.25, 0.3) is 5.56 Å². The van der Waals surface area contributed by atoms with Gasteiger partial charge in [0, 0.05) is 22.9 Å². The van der Waals surface area contributed by atoms with Gasteiger partial charge in [0.05, 0.1) is 5.69 Å². The topological polar surface area (TPSA) is 86.2 Å². The lowest BCUT2D eigenvalue weighted by Crippen LogP contribution is -2.14. The summed E-state index contributed by atoms with van der Waals surface area (Å²) in [5, 5.41) is 10.0. The molecule has 19 heavy (non-hydrogen) atoms. The van der Waals surface area contributed by atoms with Crippen molar-refractivity contribution in [3.05, 3.63) is 33.2 Å². The SMILES string of the molecule is Cc1csc2nc(CSc3nnc(N)s3)cc(=O)n12. The smallest absolute Gasteiger partial charge is 0.258 e. The maximum Gasteiger partial charge on any atom is 0.258 e. The number of fused-ring (bicyclic) bond motifs is 1. The van der Waals surface area contributed by atoms with E-state index in [-0.39, 0.29) is 5.56 Å². The zero-order valence-electron chi connectivity index (χ0n) is 9.86. The second-order valence-electron chi connectivity index (χ2n) is 3.78. The van der Waals surface area contributed by atoms with Crippen LogP contribution in [0.25, 0.3) is 4.96 Å². The Bertz CT molecular complexity index is 790. The van der Waals surface area contributed by atoms with Gasteiger partial charge >= 0.3 is 0 Å². The number of thiazole rings is 1. The van der Waals surface area contributed by atoms with Gasteiger partial charge in [-0.2, -0.15) is 0 Å². The number of hydrogen-bond donors (Lipinski definition) is 1. The molecular weight excluding hydrogens is 302 g/mol. The van der Waals surface area contributed by atoms with Crippen molar-refractivity contribution in [3.63, 3.8) is 0 Å². The standard InChI is InChI=1S/C10H9N5OS3/c1-5-3-17-9-12-6(2-7(16)15(5)9)4-18-10-14-13-8(11)19-10/h2-3H,4H2,1H3,(H2,11,13). The Morgan fingerprint density at radius 2 is 2.32 bits per heavy atom. The van der Waals surface area contributed by atoms with Crippen LogP contribution in [-0.4, -0.2) is 19.6 Å². The lowest BCUT2D eigenvalue weighted by atomic mass is 10.4. The summed E-state index contributed by atoms with van der Waals surface area (Å²) in [7, 11) is 0. The molecule has 3 aromatic rings. The van der Waals surface area contributed by atoms with Gasteiger partial charge in [-0.3, -0.25) is 9.20 Å². The van der Waals surface area contributed by atoms with Crippen molar-refractivity contribution in [2.75, 3.05) is 5.73 Å². The summed E-state index contributed by atoms with van der Waals surface area (Å²) >= 11 is 4.27. The van der Waals surface area contributed by atoms with Gasteiger partial charge in [-0.1, -0.05) is 23.1 Å². The summed E-state index contributed by atoms with van der Waals surface area (Å²) in [5.41, 5.74) is 7.12. The van der Waals surface area contributed by atoms with Gasteiger partial charge in [-0.25, -0.2) is 4.98 Å². The van der Waals surface area contributed by atoms with E-state index in [1.165, 1.54) is 34.4 Å². The highest BCUT2D eigenvalue weighted by Gasteiger charge is 2.08. The number of hydrogen-bond acceptors (Lipinski definition) is 8. The molecule has 9 heteroatoms. The lowest BCUT2D eigenvalue weighted by Gasteiger charge is -1.99. The van der Waals surface area contributed by atoms with Gasteiger partial charge in [0.15, 0.2) is 9.30 Å². The fraction of sp³-hybridized carbons (Fsp3) is 0.200. The van der Waals surface area contributed by atoms with E-state index < -0.39 is 0 Å². The highest BCUT2D eigenvalue weighted by atomic mass is 32.2. The monoisotopic (exact) mass is 311 g/mol. The minimum atomic E-state index is -0.0453. The minimum absolute atomic E-state index is 0.0453. The Balaban J connectivity index is 1.87. The Labute approximate surface area is 120 Å². The number of aryl methyl sites for hydroxylation is 1. The zero-order valence-corrected chi connectivity index (χ0v) is 12.3. The number of rotatable bonds is 3. The van der Waals surface area contributed by atoms with E-state index in [4.69, 9.17) is 5.73 Å². The molecule has 2 N–H and O–H groups in total. The predicted molar refractivity (Wildman–Crippen MR) is 78.0 cm³/mol. The second-order valence-corrected chi connectivity index (χ2v) is 6.84. The molecule has 0 saturated heterocycles. The molecule has 0 aromatic carbocycles. The third-order valence-electron chi connectivity index (χ3n) is 2.39. The van der Waals surface area contributed by atoms with Crippen LogP contribution in [0.3, 0.4) is 0 Å². The maximum atomic E-state index is 12.0. The van der Waals surface area contributed by atoms with Crippen LogP contribution in [0.15, 0.2) is 20.6 Å². The molecule has 3 heterocycles. The molecule has 0 aliphatic rings. The molecule has 0 radical (unpaired) electrons. The zero-order chi connectivity index (χ0) is 13.4. The molecular formula is C10H9N5OS3. The Kier molecular flexibility index (Phi) is 3.25. The highest BCUT2D eigenvalue weighted by Crippen LogP contribution is 2.26. The third kappa shape index (κ3) is 2.48. The predicted octanol–water partition coefficient (Wildman–Crippen LogP) is 1.79. The van der Waals surface area contributed by atoms with E-state index in [2.05, 4.69) is 15.2 Å². The fourth-order valence-corrected chi connectivity index (χ4v) is 4.01. The summed E-state index contributed by atoms with van der Waals surface area (Å²) in [6.45, 7) is 1.89. The van der Waals surface area contributed by atoms with E-state index in [9.17, 15) is 4.79 Å². The van der Waals surface area contributed by atoms with Crippen molar-refractivity contribution >= 4 is 44.5 Å². The Hall–Kier alpha value is -1.45. The first-order chi connectivity index (χ1) is 9.13. The minimum Gasteiger partial charge on any atom is -0.374 e. The molecule has 0 saturated carbocycles. The molecule has 0 aliphatic carbocycles. The van der Waals surface area contributed by atoms with Gasteiger partial charge in [0.2, 0.25) is 5.13 Å². The van der Waals surface area contributed by atoms with E-state index >= 15 is 0 Å². The first-order valence-electron chi connectivity index (χ1n) is 5.32. The second kappa shape index (κ2) is 4.91. The van der Waals surface area contributed by atoms with Crippen LogP contribution in [0.4, 0.5) is 5.13 Å². The number of thioether (sulfide) groups is 1.